The minimum atomic E-state index is -0.396. The van der Waals surface area contributed by atoms with Crippen molar-refractivity contribution in [3.63, 3.8) is 0 Å². The minimum absolute atomic E-state index is 0. The van der Waals surface area contributed by atoms with Crippen molar-refractivity contribution in [1.29, 1.82) is 0 Å². The second-order valence-electron chi connectivity index (χ2n) is 11.1. The number of carbonyl (C=O) groups is 3. The smallest absolute Gasteiger partial charge is 0.272 e. The fourth-order valence-electron chi connectivity index (χ4n) is 6.41. The van der Waals surface area contributed by atoms with Crippen LogP contribution in [0.4, 0.5) is 0 Å². The Morgan fingerprint density at radius 1 is 1.00 bits per heavy atom. The van der Waals surface area contributed by atoms with Gasteiger partial charge in [-0.05, 0) is 38.3 Å². The summed E-state index contributed by atoms with van der Waals surface area (Å²) in [5.74, 6) is -0.213. The predicted octanol–water partition coefficient (Wildman–Crippen LogP) is 3.28. The summed E-state index contributed by atoms with van der Waals surface area (Å²) in [4.78, 5) is 55.6. The standard InChI is InChI=1S/C32H35N5O5.ClH/c1-35-27-22-11-6-7-13-24(22)37(19-25(38)20-9-4-3-5-10-20)32(41)26(27)29(42-2)28(35)30(39)34-21-14-17-36(18-15-21)31(40)23-12-8-16-33-23;/h3-7,9-11,13,21,23,33H,8,12,14-19H2,1-2H3,(H,34,39);1H/t23-;/m0./s1. The molecule has 0 radical (unpaired) electrons. The number of fused-ring (bicyclic) bond motifs is 3. The molecule has 226 valence electrons. The number of benzene rings is 2. The minimum Gasteiger partial charge on any atom is -0.493 e. The third-order valence-electron chi connectivity index (χ3n) is 8.58. The Morgan fingerprint density at radius 2 is 1.70 bits per heavy atom. The normalized spacial score (nSPS) is 17.2. The van der Waals surface area contributed by atoms with E-state index in [1.54, 1.807) is 35.9 Å². The van der Waals surface area contributed by atoms with Crippen molar-refractivity contribution in [1.82, 2.24) is 24.7 Å². The number of ketones is 1. The summed E-state index contributed by atoms with van der Waals surface area (Å²) in [6.07, 6.45) is 3.17. The summed E-state index contributed by atoms with van der Waals surface area (Å²) in [7, 11) is 3.20. The van der Waals surface area contributed by atoms with Crippen molar-refractivity contribution in [2.75, 3.05) is 26.7 Å². The van der Waals surface area contributed by atoms with Gasteiger partial charge in [-0.25, -0.2) is 0 Å². The lowest BCUT2D eigenvalue weighted by molar-refractivity contribution is -0.134. The van der Waals surface area contributed by atoms with Gasteiger partial charge < -0.3 is 24.8 Å². The molecule has 2 aromatic heterocycles. The Hall–Kier alpha value is -4.15. The quantitative estimate of drug-likeness (QED) is 0.313. The number of nitrogens with one attached hydrogen (secondary N) is 2. The topological polar surface area (TPSA) is 115 Å². The molecule has 2 aromatic carbocycles. The van der Waals surface area contributed by atoms with Crippen LogP contribution >= 0.6 is 12.4 Å². The first-order chi connectivity index (χ1) is 20.4. The van der Waals surface area contributed by atoms with Gasteiger partial charge in [-0.3, -0.25) is 23.7 Å². The van der Waals surface area contributed by atoms with E-state index in [0.717, 1.165) is 24.8 Å². The lowest BCUT2D eigenvalue weighted by atomic mass is 10.0. The monoisotopic (exact) mass is 605 g/mol. The first-order valence-corrected chi connectivity index (χ1v) is 14.5. The molecule has 10 nitrogen and oxygen atoms in total. The van der Waals surface area contributed by atoms with Gasteiger partial charge in [-0.15, -0.1) is 12.4 Å². The summed E-state index contributed by atoms with van der Waals surface area (Å²) < 4.78 is 8.90. The molecule has 43 heavy (non-hydrogen) atoms. The molecule has 4 aromatic rings. The first kappa shape index (κ1) is 30.3. The fourth-order valence-corrected chi connectivity index (χ4v) is 6.41. The van der Waals surface area contributed by atoms with Crippen LogP contribution in [0, 0.1) is 0 Å². The Kier molecular flexibility index (Phi) is 8.89. The Labute approximate surface area is 255 Å². The van der Waals surface area contributed by atoms with E-state index < -0.39 is 5.56 Å². The molecule has 0 unspecified atom stereocenters. The van der Waals surface area contributed by atoms with Gasteiger partial charge in [0.2, 0.25) is 5.91 Å². The highest BCUT2D eigenvalue weighted by atomic mass is 35.5. The summed E-state index contributed by atoms with van der Waals surface area (Å²) >= 11 is 0. The van der Waals surface area contributed by atoms with Crippen molar-refractivity contribution in [2.45, 2.75) is 44.3 Å². The summed E-state index contributed by atoms with van der Waals surface area (Å²) in [6, 6.07) is 16.0. The van der Waals surface area contributed by atoms with Crippen molar-refractivity contribution < 1.29 is 19.1 Å². The molecule has 1 atom stereocenters. The second-order valence-corrected chi connectivity index (χ2v) is 11.1. The predicted molar refractivity (Wildman–Crippen MR) is 167 cm³/mol. The van der Waals surface area contributed by atoms with E-state index in [1.165, 1.54) is 11.7 Å². The van der Waals surface area contributed by atoms with Gasteiger partial charge in [-0.2, -0.15) is 0 Å². The van der Waals surface area contributed by atoms with E-state index in [4.69, 9.17) is 4.74 Å². The average Bonchev–Trinajstić information content (AvgIpc) is 3.66. The molecule has 2 saturated heterocycles. The molecular formula is C32H36ClN5O5. The third kappa shape index (κ3) is 5.52. The lowest BCUT2D eigenvalue weighted by Crippen LogP contribution is -2.50. The van der Waals surface area contributed by atoms with E-state index in [0.29, 0.717) is 42.5 Å². The van der Waals surface area contributed by atoms with E-state index in [9.17, 15) is 19.2 Å². The van der Waals surface area contributed by atoms with E-state index in [1.807, 2.05) is 35.2 Å². The van der Waals surface area contributed by atoms with Crippen LogP contribution < -0.4 is 20.9 Å². The number of hydrogen-bond acceptors (Lipinski definition) is 6. The third-order valence-corrected chi connectivity index (χ3v) is 8.58. The number of amides is 2. The molecule has 2 aliphatic rings. The van der Waals surface area contributed by atoms with E-state index in [2.05, 4.69) is 10.6 Å². The molecule has 0 saturated carbocycles. The van der Waals surface area contributed by atoms with Crippen LogP contribution in [0.1, 0.15) is 46.5 Å². The van der Waals surface area contributed by atoms with Crippen LogP contribution in [0.25, 0.3) is 21.8 Å². The van der Waals surface area contributed by atoms with Crippen molar-refractivity contribution in [3.8, 4) is 5.75 Å². The highest BCUT2D eigenvalue weighted by Gasteiger charge is 2.32. The fraction of sp³-hybridized carbons (Fsp3) is 0.375. The molecule has 0 bridgehead atoms. The molecule has 6 rings (SSSR count). The Morgan fingerprint density at radius 3 is 2.37 bits per heavy atom. The van der Waals surface area contributed by atoms with Gasteiger partial charge in [0.05, 0.1) is 30.7 Å². The molecule has 0 spiro atoms. The van der Waals surface area contributed by atoms with Crippen LogP contribution in [-0.4, -0.2) is 70.5 Å². The lowest BCUT2D eigenvalue weighted by Gasteiger charge is -2.34. The van der Waals surface area contributed by atoms with Crippen LogP contribution in [0.5, 0.6) is 5.75 Å². The highest BCUT2D eigenvalue weighted by molar-refractivity contribution is 6.12. The number of ether oxygens (including phenoxy) is 1. The molecule has 11 heteroatoms. The molecule has 2 N–H and O–H groups in total. The van der Waals surface area contributed by atoms with Gasteiger partial charge in [0.25, 0.3) is 11.5 Å². The maximum Gasteiger partial charge on any atom is 0.272 e. The molecule has 2 aliphatic heterocycles. The number of piperidine rings is 1. The Balaban J connectivity index is 0.00000368. The summed E-state index contributed by atoms with van der Waals surface area (Å²) in [6.45, 7) is 1.89. The average molecular weight is 606 g/mol. The number of carbonyl (C=O) groups excluding carboxylic acids is 3. The maximum absolute atomic E-state index is 14.0. The summed E-state index contributed by atoms with van der Waals surface area (Å²) in [5, 5.41) is 7.38. The number of pyridine rings is 1. The number of aromatic nitrogens is 2. The number of Topliss-reactive ketones (excluding diaryl/α,β-unsaturated/α-hetero) is 1. The van der Waals surface area contributed by atoms with Crippen LogP contribution in [-0.2, 0) is 18.4 Å². The number of aryl methyl sites for hydroxylation is 1. The zero-order chi connectivity index (χ0) is 29.4. The number of methoxy groups -OCH3 is 1. The number of rotatable bonds is 7. The Bertz CT molecular complexity index is 1730. The van der Waals surface area contributed by atoms with Crippen LogP contribution in [0.3, 0.4) is 0 Å². The van der Waals surface area contributed by atoms with E-state index >= 15 is 0 Å². The van der Waals surface area contributed by atoms with Gasteiger partial charge >= 0.3 is 0 Å². The van der Waals surface area contributed by atoms with Gasteiger partial charge in [0, 0.05) is 37.1 Å². The van der Waals surface area contributed by atoms with Crippen LogP contribution in [0.2, 0.25) is 0 Å². The van der Waals surface area contributed by atoms with Crippen molar-refractivity contribution in [2.24, 2.45) is 7.05 Å². The highest BCUT2D eigenvalue weighted by Crippen LogP contribution is 2.35. The molecule has 2 amide bonds. The van der Waals surface area contributed by atoms with E-state index in [-0.39, 0.29) is 65.5 Å². The maximum atomic E-state index is 14.0. The zero-order valence-corrected chi connectivity index (χ0v) is 25.1. The van der Waals surface area contributed by atoms with Gasteiger partial charge in [0.1, 0.15) is 5.39 Å². The second kappa shape index (κ2) is 12.6. The van der Waals surface area contributed by atoms with Gasteiger partial charge in [0.15, 0.2) is 17.2 Å². The molecule has 2 fully saturated rings. The van der Waals surface area contributed by atoms with Crippen molar-refractivity contribution in [3.05, 3.63) is 76.2 Å². The number of nitrogens with zero attached hydrogens (tertiary/aromatic N) is 3. The summed E-state index contributed by atoms with van der Waals surface area (Å²) in [5.41, 5.74) is 1.54. The van der Waals surface area contributed by atoms with Crippen LogP contribution in [0.15, 0.2) is 59.4 Å². The number of likely N-dealkylation sites (tertiary alicyclic amines) is 1. The van der Waals surface area contributed by atoms with Gasteiger partial charge in [-0.1, -0.05) is 48.5 Å². The SMILES string of the molecule is COc1c(C(=O)NC2CCN(C(=O)[C@@H]3CCCN3)CC2)n(C)c2c1c(=O)n(CC(=O)c1ccccc1)c1ccccc21.Cl. The molecule has 4 heterocycles. The zero-order valence-electron chi connectivity index (χ0n) is 24.3. The van der Waals surface area contributed by atoms with Crippen molar-refractivity contribution >= 4 is 51.8 Å². The first-order valence-electron chi connectivity index (χ1n) is 14.5. The number of hydrogen-bond donors (Lipinski definition) is 2. The number of halogens is 1. The molecule has 0 aliphatic carbocycles. The largest absolute Gasteiger partial charge is 0.493 e. The number of para-hydroxylation sites is 1. The molecular weight excluding hydrogens is 570 g/mol.